The van der Waals surface area contributed by atoms with Gasteiger partial charge in [-0.1, -0.05) is 12.8 Å². The van der Waals surface area contributed by atoms with Gasteiger partial charge in [0.05, 0.1) is 45.7 Å². The van der Waals surface area contributed by atoms with Crippen LogP contribution in [0.5, 0.6) is 17.4 Å². The average molecular weight is 486 g/mol. The Morgan fingerprint density at radius 3 is 2.34 bits per heavy atom. The van der Waals surface area contributed by atoms with Crippen LogP contribution in [-0.4, -0.2) is 64.5 Å². The molecule has 0 bridgehead atoms. The van der Waals surface area contributed by atoms with E-state index in [1.807, 2.05) is 6.92 Å². The summed E-state index contributed by atoms with van der Waals surface area (Å²) in [5, 5.41) is 25.5. The van der Waals surface area contributed by atoms with Crippen LogP contribution >= 0.6 is 0 Å². The number of nitrogens with zero attached hydrogens (tertiary/aromatic N) is 3. The molecule has 2 atom stereocenters. The molecule has 4 rings (SSSR count). The fourth-order valence-electron chi connectivity index (χ4n) is 4.55. The van der Waals surface area contributed by atoms with E-state index in [1.54, 1.807) is 37.2 Å². The first kappa shape index (κ1) is 24.7. The Bertz CT molecular complexity index is 1180. The Balaban J connectivity index is 1.70. The molecule has 1 fully saturated rings. The van der Waals surface area contributed by atoms with Gasteiger partial charge in [-0.3, -0.25) is 4.68 Å². The van der Waals surface area contributed by atoms with Crippen molar-refractivity contribution in [2.24, 2.45) is 0 Å². The third kappa shape index (κ3) is 5.18. The van der Waals surface area contributed by atoms with Gasteiger partial charge in [0.2, 0.25) is 5.88 Å². The van der Waals surface area contributed by atoms with E-state index in [4.69, 9.17) is 18.9 Å². The molecule has 3 aromatic rings. The van der Waals surface area contributed by atoms with Crippen molar-refractivity contribution in [1.82, 2.24) is 14.8 Å². The van der Waals surface area contributed by atoms with Gasteiger partial charge in [0.15, 0.2) is 0 Å². The summed E-state index contributed by atoms with van der Waals surface area (Å²) >= 11 is 0. The van der Waals surface area contributed by atoms with Gasteiger partial charge in [0.25, 0.3) is 0 Å². The van der Waals surface area contributed by atoms with Crippen LogP contribution in [0.1, 0.15) is 53.3 Å². The van der Waals surface area contributed by atoms with E-state index in [1.165, 1.54) is 13.2 Å². The number of carboxylic acid groups (broad SMARTS) is 1. The first-order chi connectivity index (χ1) is 16.8. The largest absolute Gasteiger partial charge is 0.496 e. The fourth-order valence-corrected chi connectivity index (χ4v) is 4.55. The molecule has 1 aliphatic carbocycles. The lowest BCUT2D eigenvalue weighted by molar-refractivity contribution is -0.0845. The summed E-state index contributed by atoms with van der Waals surface area (Å²) in [7, 11) is 4.57. The second-order valence-electron chi connectivity index (χ2n) is 8.68. The molecular weight excluding hydrogens is 454 g/mol. The lowest BCUT2D eigenvalue weighted by atomic mass is 10.0. The Hall–Kier alpha value is -3.37. The van der Waals surface area contributed by atoms with Crippen LogP contribution in [0.25, 0.3) is 11.0 Å². The Kier molecular flexibility index (Phi) is 7.42. The summed E-state index contributed by atoms with van der Waals surface area (Å²) in [4.78, 5) is 16.1. The molecule has 1 saturated carbocycles. The molecule has 0 unspecified atom stereocenters. The Morgan fingerprint density at radius 1 is 1.11 bits per heavy atom. The number of carboxylic acids is 1. The van der Waals surface area contributed by atoms with E-state index in [9.17, 15) is 15.0 Å². The lowest BCUT2D eigenvalue weighted by Crippen LogP contribution is -2.31. The minimum atomic E-state index is -1.13. The maximum Gasteiger partial charge on any atom is 0.338 e. The third-order valence-corrected chi connectivity index (χ3v) is 6.44. The molecular formula is C25H31N3O7. The highest BCUT2D eigenvalue weighted by atomic mass is 16.5. The molecule has 0 saturated heterocycles. The van der Waals surface area contributed by atoms with Crippen LogP contribution < -0.4 is 14.2 Å². The molecule has 0 amide bonds. The number of pyridine rings is 1. The second kappa shape index (κ2) is 10.5. The van der Waals surface area contributed by atoms with Crippen molar-refractivity contribution in [2.75, 3.05) is 21.3 Å². The van der Waals surface area contributed by atoms with Gasteiger partial charge in [0.1, 0.15) is 34.7 Å². The Morgan fingerprint density at radius 2 is 1.77 bits per heavy atom. The van der Waals surface area contributed by atoms with Gasteiger partial charge >= 0.3 is 5.97 Å². The summed E-state index contributed by atoms with van der Waals surface area (Å²) in [5.41, 5.74) is 2.04. The summed E-state index contributed by atoms with van der Waals surface area (Å²) < 4.78 is 24.0. The van der Waals surface area contributed by atoms with Crippen LogP contribution in [0, 0.1) is 6.92 Å². The molecule has 2 N–H and O–H groups in total. The van der Waals surface area contributed by atoms with Crippen molar-refractivity contribution >= 4 is 17.0 Å². The molecule has 0 radical (unpaired) electrons. The van der Waals surface area contributed by atoms with Gasteiger partial charge < -0.3 is 29.2 Å². The number of methoxy groups -OCH3 is 3. The average Bonchev–Trinajstić information content (AvgIpc) is 3.51. The highest BCUT2D eigenvalue weighted by Gasteiger charge is 2.29. The minimum absolute atomic E-state index is 0.00702. The van der Waals surface area contributed by atoms with E-state index in [0.717, 1.165) is 31.2 Å². The number of rotatable bonds is 10. The second-order valence-corrected chi connectivity index (χ2v) is 8.68. The van der Waals surface area contributed by atoms with Crippen LogP contribution in [0.3, 0.4) is 0 Å². The van der Waals surface area contributed by atoms with Gasteiger partial charge in [0, 0.05) is 11.6 Å². The normalized spacial score (nSPS) is 15.8. The lowest BCUT2D eigenvalue weighted by Gasteiger charge is -2.27. The number of aliphatic hydroxyl groups excluding tert-OH is 1. The highest BCUT2D eigenvalue weighted by molar-refractivity contribution is 6.00. The standard InChI is InChI=1S/C25H31N3O7/c1-14-19(32-2)9-15(10-20(14)33-3)24(29)21(35-16-7-5-6-8-16)13-28-12-18-23(27-28)17(25(30)31)11-22(26-18)34-4/h9-12,16,21,24,29H,5-8,13H2,1-4H3,(H,30,31)/t21-,24+/m0/s1. The van der Waals surface area contributed by atoms with Crippen LogP contribution in [-0.2, 0) is 11.3 Å². The molecule has 2 aromatic heterocycles. The molecule has 188 valence electrons. The first-order valence-electron chi connectivity index (χ1n) is 11.6. The van der Waals surface area contributed by atoms with E-state index < -0.39 is 18.2 Å². The SMILES string of the molecule is COc1cc(C(=O)O)c2nn(C[C@H](OC3CCCC3)[C@H](O)c3cc(OC)c(C)c(OC)c3)cc2n1. The third-order valence-electron chi connectivity index (χ3n) is 6.44. The van der Waals surface area contributed by atoms with Crippen molar-refractivity contribution in [2.45, 2.75) is 57.5 Å². The van der Waals surface area contributed by atoms with Crippen molar-refractivity contribution in [3.63, 3.8) is 0 Å². The number of hydrogen-bond acceptors (Lipinski definition) is 8. The minimum Gasteiger partial charge on any atom is -0.496 e. The van der Waals surface area contributed by atoms with Crippen LogP contribution in [0.4, 0.5) is 0 Å². The van der Waals surface area contributed by atoms with Gasteiger partial charge in [-0.15, -0.1) is 0 Å². The predicted molar refractivity (Wildman–Crippen MR) is 127 cm³/mol. The van der Waals surface area contributed by atoms with Gasteiger partial charge in [-0.2, -0.15) is 5.10 Å². The molecule has 10 heteroatoms. The Labute approximate surface area is 203 Å². The van der Waals surface area contributed by atoms with Crippen LogP contribution in [0.2, 0.25) is 0 Å². The molecule has 1 aromatic carbocycles. The molecule has 35 heavy (non-hydrogen) atoms. The zero-order chi connectivity index (χ0) is 25.1. The zero-order valence-corrected chi connectivity index (χ0v) is 20.4. The van der Waals surface area contributed by atoms with E-state index in [-0.39, 0.29) is 29.6 Å². The number of aromatic nitrogens is 3. The van der Waals surface area contributed by atoms with E-state index in [0.29, 0.717) is 22.6 Å². The number of benzene rings is 1. The van der Waals surface area contributed by atoms with Crippen molar-refractivity contribution in [3.8, 4) is 17.4 Å². The topological polar surface area (TPSA) is 125 Å². The molecule has 1 aliphatic rings. The molecule has 2 heterocycles. The van der Waals surface area contributed by atoms with Crippen molar-refractivity contribution in [3.05, 3.63) is 41.1 Å². The van der Waals surface area contributed by atoms with Crippen molar-refractivity contribution < 1.29 is 34.0 Å². The molecule has 0 spiro atoms. The fraction of sp³-hybridized carbons (Fsp3) is 0.480. The summed E-state index contributed by atoms with van der Waals surface area (Å²) in [6.07, 6.45) is 4.01. The maximum absolute atomic E-state index is 11.8. The molecule has 10 nitrogen and oxygen atoms in total. The number of hydrogen-bond donors (Lipinski definition) is 2. The number of carbonyl (C=O) groups is 1. The molecule has 0 aliphatic heterocycles. The highest BCUT2D eigenvalue weighted by Crippen LogP contribution is 2.35. The van der Waals surface area contributed by atoms with Gasteiger partial charge in [-0.05, 0) is 37.5 Å². The zero-order valence-electron chi connectivity index (χ0n) is 20.4. The summed E-state index contributed by atoms with van der Waals surface area (Å²) in [6, 6.07) is 4.90. The maximum atomic E-state index is 11.8. The summed E-state index contributed by atoms with van der Waals surface area (Å²) in [5.74, 6) is 0.265. The van der Waals surface area contributed by atoms with E-state index >= 15 is 0 Å². The van der Waals surface area contributed by atoms with E-state index in [2.05, 4.69) is 10.1 Å². The quantitative estimate of drug-likeness (QED) is 0.444. The van der Waals surface area contributed by atoms with Crippen LogP contribution in [0.15, 0.2) is 24.4 Å². The summed E-state index contributed by atoms with van der Waals surface area (Å²) in [6.45, 7) is 2.07. The number of ether oxygens (including phenoxy) is 4. The number of aromatic carboxylic acids is 1. The monoisotopic (exact) mass is 485 g/mol. The smallest absolute Gasteiger partial charge is 0.338 e. The predicted octanol–water partition coefficient (Wildman–Crippen LogP) is 3.53. The first-order valence-corrected chi connectivity index (χ1v) is 11.6. The van der Waals surface area contributed by atoms with Gasteiger partial charge in [-0.25, -0.2) is 9.78 Å². The number of aliphatic hydroxyl groups is 1. The van der Waals surface area contributed by atoms with Crippen molar-refractivity contribution in [1.29, 1.82) is 0 Å². The number of fused-ring (bicyclic) bond motifs is 1.